The van der Waals surface area contributed by atoms with Crippen LogP contribution in [0.3, 0.4) is 0 Å². The number of benzene rings is 1. The molecule has 1 aliphatic carbocycles. The highest BCUT2D eigenvalue weighted by molar-refractivity contribution is 5.93. The lowest BCUT2D eigenvalue weighted by molar-refractivity contribution is -0.384. The van der Waals surface area contributed by atoms with Crippen LogP contribution in [0.1, 0.15) is 144 Å². The summed E-state index contributed by atoms with van der Waals surface area (Å²) < 4.78 is 6.15. The zero-order valence-corrected chi connectivity index (χ0v) is 30.8. The van der Waals surface area contributed by atoms with Crippen LogP contribution in [0.25, 0.3) is 0 Å². The normalized spacial score (nSPS) is 27.8. The van der Waals surface area contributed by atoms with Crippen LogP contribution in [0.2, 0.25) is 0 Å². The number of unbranched alkanes of at least 4 members (excludes halogenated alkanes) is 10. The maximum Gasteiger partial charge on any atom is 0.271 e. The van der Waals surface area contributed by atoms with Crippen molar-refractivity contribution in [3.8, 4) is 0 Å². The van der Waals surface area contributed by atoms with E-state index in [4.69, 9.17) is 4.74 Å². The van der Waals surface area contributed by atoms with E-state index in [2.05, 4.69) is 12.2 Å². The van der Waals surface area contributed by atoms with Gasteiger partial charge in [-0.25, -0.2) is 0 Å². The number of ether oxygens (including phenoxy) is 1. The average Bonchev–Trinajstić information content (AvgIpc) is 3.01. The van der Waals surface area contributed by atoms with Gasteiger partial charge in [0, 0.05) is 34.3 Å². The molecule has 1 aliphatic rings. The number of hydrogen-bond acceptors (Lipinski definition) is 7. The van der Waals surface area contributed by atoms with Gasteiger partial charge >= 0.3 is 0 Å². The molecule has 4 N–H and O–H groups in total. The van der Waals surface area contributed by atoms with Crippen molar-refractivity contribution in [2.24, 2.45) is 22.2 Å². The van der Waals surface area contributed by atoms with Crippen LogP contribution in [-0.2, 0) is 16.0 Å². The van der Waals surface area contributed by atoms with E-state index in [9.17, 15) is 30.2 Å². The monoisotopic (exact) mass is 662 g/mol. The lowest BCUT2D eigenvalue weighted by atomic mass is 9.41. The second-order valence-electron chi connectivity index (χ2n) is 15.8. The largest absolute Gasteiger partial charge is 0.396 e. The van der Waals surface area contributed by atoms with Crippen molar-refractivity contribution in [2.45, 2.75) is 156 Å². The summed E-state index contributed by atoms with van der Waals surface area (Å²) in [4.78, 5) is 24.2. The Balaban J connectivity index is 1.95. The first-order chi connectivity index (χ1) is 21.9. The van der Waals surface area contributed by atoms with E-state index in [0.29, 0.717) is 18.5 Å². The number of non-ortho nitro benzene ring substituents is 1. The number of aliphatic hydroxyl groups is 3. The van der Waals surface area contributed by atoms with Crippen LogP contribution < -0.4 is 5.32 Å². The van der Waals surface area contributed by atoms with Crippen molar-refractivity contribution in [1.29, 1.82) is 0 Å². The smallest absolute Gasteiger partial charge is 0.271 e. The SMILES string of the molecule is CCCCCCCCCCCCCC(C)C(=O)Nc1cc([N+](=O)[O-])ccc1CCOC[C@]1(C)CC(C)(CO)[C@](C)(O)C(C)(C)[C@]1(C)O. The molecular formula is C38H66N2O7. The molecule has 0 aliphatic heterocycles. The van der Waals surface area contributed by atoms with Crippen molar-refractivity contribution >= 4 is 17.3 Å². The standard InChI is InChI=1S/C38H66N2O7/c1-9-10-11-12-13-14-15-16-17-18-19-20-29(2)33(42)39-32-25-31(40(45)46)22-21-30(32)23-24-47-28-36(6)26-35(5,27-41)37(7,43)34(3,4)38(36,8)44/h21-22,25,29,41,43-44H,9-20,23-24,26-28H2,1-8H3,(H,39,42)/t29?,35?,36-,37+,38-/m0/s1. The van der Waals surface area contributed by atoms with Gasteiger partial charge in [0.05, 0.1) is 41.6 Å². The summed E-state index contributed by atoms with van der Waals surface area (Å²) in [7, 11) is 0. The maximum atomic E-state index is 13.1. The molecule has 1 amide bonds. The van der Waals surface area contributed by atoms with Gasteiger partial charge in [0.2, 0.25) is 5.91 Å². The fraction of sp³-hybridized carbons (Fsp3) is 0.816. The Bertz CT molecular complexity index is 1150. The van der Waals surface area contributed by atoms with Gasteiger partial charge in [-0.2, -0.15) is 0 Å². The predicted octanol–water partition coefficient (Wildman–Crippen LogP) is 8.37. The first-order valence-electron chi connectivity index (χ1n) is 18.1. The van der Waals surface area contributed by atoms with Crippen molar-refractivity contribution in [2.75, 3.05) is 25.1 Å². The number of carbonyl (C=O) groups is 1. The number of hydrogen-bond donors (Lipinski definition) is 4. The molecule has 5 atom stereocenters. The minimum Gasteiger partial charge on any atom is -0.396 e. The van der Waals surface area contributed by atoms with E-state index in [1.54, 1.807) is 19.9 Å². The van der Waals surface area contributed by atoms with E-state index in [1.165, 1.54) is 69.9 Å². The molecule has 1 aromatic rings. The Hall–Kier alpha value is -2.07. The van der Waals surface area contributed by atoms with Crippen molar-refractivity contribution in [3.63, 3.8) is 0 Å². The van der Waals surface area contributed by atoms with Crippen molar-refractivity contribution in [3.05, 3.63) is 33.9 Å². The second-order valence-corrected chi connectivity index (χ2v) is 15.8. The summed E-state index contributed by atoms with van der Waals surface area (Å²) in [6.07, 6.45) is 15.2. The highest BCUT2D eigenvalue weighted by Gasteiger charge is 2.70. The fourth-order valence-electron chi connectivity index (χ4n) is 7.58. The Morgan fingerprint density at radius 3 is 1.98 bits per heavy atom. The molecular weight excluding hydrogens is 596 g/mol. The molecule has 0 bridgehead atoms. The second kappa shape index (κ2) is 17.5. The van der Waals surface area contributed by atoms with Crippen molar-refractivity contribution in [1.82, 2.24) is 0 Å². The molecule has 1 saturated carbocycles. The first-order valence-corrected chi connectivity index (χ1v) is 18.1. The topological polar surface area (TPSA) is 142 Å². The van der Waals surface area contributed by atoms with E-state index in [0.717, 1.165) is 24.8 Å². The minimum absolute atomic E-state index is 0.0914. The van der Waals surface area contributed by atoms with Crippen LogP contribution in [0, 0.1) is 32.3 Å². The number of nitro benzene ring substituents is 1. The van der Waals surface area contributed by atoms with Gasteiger partial charge in [-0.05, 0) is 38.7 Å². The van der Waals surface area contributed by atoms with Gasteiger partial charge in [0.1, 0.15) is 0 Å². The van der Waals surface area contributed by atoms with E-state index < -0.39 is 32.4 Å². The number of anilines is 1. The number of rotatable bonds is 21. The number of nitrogens with zero attached hydrogens (tertiary/aromatic N) is 1. The molecule has 0 heterocycles. The molecule has 0 aromatic heterocycles. The molecule has 9 heteroatoms. The van der Waals surface area contributed by atoms with Gasteiger partial charge in [-0.3, -0.25) is 14.9 Å². The van der Waals surface area contributed by atoms with Gasteiger partial charge in [0.25, 0.3) is 5.69 Å². The summed E-state index contributed by atoms with van der Waals surface area (Å²) in [5.74, 6) is -0.366. The molecule has 0 spiro atoms. The molecule has 1 aromatic carbocycles. The van der Waals surface area contributed by atoms with Gasteiger partial charge < -0.3 is 25.4 Å². The highest BCUT2D eigenvalue weighted by atomic mass is 16.6. The lowest BCUT2D eigenvalue weighted by Gasteiger charge is -2.67. The van der Waals surface area contributed by atoms with Crippen LogP contribution >= 0.6 is 0 Å². The number of amides is 1. The molecule has 2 unspecified atom stereocenters. The zero-order valence-electron chi connectivity index (χ0n) is 30.8. The summed E-state index contributed by atoms with van der Waals surface area (Å²) in [5.41, 5.74) is -4.22. The summed E-state index contributed by atoms with van der Waals surface area (Å²) in [5, 5.41) is 48.1. The third-order valence-electron chi connectivity index (χ3n) is 12.1. The maximum absolute atomic E-state index is 13.1. The number of nitro groups is 1. The third-order valence-corrected chi connectivity index (χ3v) is 12.1. The summed E-state index contributed by atoms with van der Waals surface area (Å²) >= 11 is 0. The molecule has 1 fully saturated rings. The van der Waals surface area contributed by atoms with E-state index in [1.807, 2.05) is 34.6 Å². The zero-order chi connectivity index (χ0) is 35.5. The summed E-state index contributed by atoms with van der Waals surface area (Å²) in [6, 6.07) is 4.50. The van der Waals surface area contributed by atoms with Gasteiger partial charge in [0.15, 0.2) is 0 Å². The first kappa shape index (κ1) is 41.1. The number of nitrogens with one attached hydrogen (secondary N) is 1. The molecule has 2 rings (SSSR count). The third kappa shape index (κ3) is 9.77. The Morgan fingerprint density at radius 1 is 0.915 bits per heavy atom. The Labute approximate surface area is 284 Å². The minimum atomic E-state index is -1.34. The van der Waals surface area contributed by atoms with Crippen LogP contribution in [0.4, 0.5) is 11.4 Å². The Kier molecular flexibility index (Phi) is 15.3. The van der Waals surface area contributed by atoms with Crippen LogP contribution in [0.5, 0.6) is 0 Å². The number of carbonyl (C=O) groups excluding carboxylic acids is 1. The number of aliphatic hydroxyl groups excluding tert-OH is 1. The molecule has 9 nitrogen and oxygen atoms in total. The molecule has 0 saturated heterocycles. The van der Waals surface area contributed by atoms with Gasteiger partial charge in [-0.1, -0.05) is 118 Å². The van der Waals surface area contributed by atoms with E-state index >= 15 is 0 Å². The lowest BCUT2D eigenvalue weighted by Crippen LogP contribution is -2.74. The predicted molar refractivity (Wildman–Crippen MR) is 189 cm³/mol. The van der Waals surface area contributed by atoms with Gasteiger partial charge in [-0.15, -0.1) is 0 Å². The van der Waals surface area contributed by atoms with Crippen LogP contribution in [0.15, 0.2) is 18.2 Å². The molecule has 0 radical (unpaired) electrons. The van der Waals surface area contributed by atoms with E-state index in [-0.39, 0.29) is 37.3 Å². The highest BCUT2D eigenvalue weighted by Crippen LogP contribution is 2.64. The molecule has 47 heavy (non-hydrogen) atoms. The quantitative estimate of drug-likeness (QED) is 0.0588. The summed E-state index contributed by atoms with van der Waals surface area (Å²) in [6.45, 7) is 15.2. The van der Waals surface area contributed by atoms with Crippen LogP contribution in [-0.4, -0.2) is 57.2 Å². The average molecular weight is 663 g/mol. The van der Waals surface area contributed by atoms with Crippen molar-refractivity contribution < 1.29 is 29.8 Å². The fourth-order valence-corrected chi connectivity index (χ4v) is 7.58. The molecule has 270 valence electrons. The Morgan fingerprint density at radius 2 is 1.45 bits per heavy atom.